The highest BCUT2D eigenvalue weighted by Crippen LogP contribution is 2.40. The van der Waals surface area contributed by atoms with Crippen molar-refractivity contribution in [2.75, 3.05) is 38.4 Å². The first-order valence-corrected chi connectivity index (χ1v) is 18.2. The second kappa shape index (κ2) is 19.3. The van der Waals surface area contributed by atoms with Gasteiger partial charge in [-0.1, -0.05) is 28.0 Å². The van der Waals surface area contributed by atoms with E-state index < -0.39 is 36.0 Å². The number of amides is 2. The molecular weight excluding hydrogens is 661 g/mol. The summed E-state index contributed by atoms with van der Waals surface area (Å²) in [6, 6.07) is 11.3. The summed E-state index contributed by atoms with van der Waals surface area (Å²) in [7, 11) is 6.85. The number of ether oxygens (including phenoxy) is 6. The fourth-order valence-corrected chi connectivity index (χ4v) is 7.58. The lowest BCUT2D eigenvalue weighted by Crippen LogP contribution is -2.37. The molecule has 14 heteroatoms. The van der Waals surface area contributed by atoms with Crippen LogP contribution >= 0.6 is 21.6 Å². The van der Waals surface area contributed by atoms with E-state index in [1.165, 1.54) is 50.3 Å². The average molecular weight is 707 g/mol. The Bertz CT molecular complexity index is 1360. The highest BCUT2D eigenvalue weighted by molar-refractivity contribution is 8.77. The maximum absolute atomic E-state index is 13.3. The van der Waals surface area contributed by atoms with E-state index >= 15 is 0 Å². The van der Waals surface area contributed by atoms with Crippen molar-refractivity contribution in [2.45, 2.75) is 83.5 Å². The van der Waals surface area contributed by atoms with E-state index in [1.807, 2.05) is 21.6 Å². The summed E-state index contributed by atoms with van der Waals surface area (Å²) in [6.07, 6.45) is 1.65. The summed E-state index contributed by atoms with van der Waals surface area (Å²) < 4.78 is 32.3. The molecule has 2 aromatic rings. The van der Waals surface area contributed by atoms with Crippen LogP contribution in [0.2, 0.25) is 0 Å². The quantitative estimate of drug-likeness (QED) is 0.0610. The van der Waals surface area contributed by atoms with E-state index in [1.54, 1.807) is 51.1 Å². The highest BCUT2D eigenvalue weighted by Gasteiger charge is 2.23. The van der Waals surface area contributed by atoms with Crippen molar-refractivity contribution in [3.8, 4) is 11.5 Å². The summed E-state index contributed by atoms with van der Waals surface area (Å²) in [4.78, 5) is 51.8. The Balaban J connectivity index is 1.56. The fraction of sp³-hybridized carbons (Fsp3) is 0.529. The summed E-state index contributed by atoms with van der Waals surface area (Å²) in [6.45, 7) is 6.62. The number of carbonyl (C=O) groups excluding carboxylic acids is 4. The van der Waals surface area contributed by atoms with Gasteiger partial charge >= 0.3 is 24.1 Å². The maximum atomic E-state index is 13.3. The Morgan fingerprint density at radius 1 is 1.00 bits per heavy atom. The van der Waals surface area contributed by atoms with Crippen LogP contribution in [0.15, 0.2) is 42.5 Å². The van der Waals surface area contributed by atoms with Crippen molar-refractivity contribution >= 4 is 51.4 Å². The minimum atomic E-state index is -1.12. The molecule has 1 aliphatic rings. The summed E-state index contributed by atoms with van der Waals surface area (Å²) >= 11 is 0. The van der Waals surface area contributed by atoms with Crippen LogP contribution in [0.1, 0.15) is 75.7 Å². The molecule has 48 heavy (non-hydrogen) atoms. The zero-order valence-corrected chi connectivity index (χ0v) is 30.0. The molecule has 0 spiro atoms. The van der Waals surface area contributed by atoms with Crippen LogP contribution in [0.25, 0.3) is 0 Å². The molecule has 12 nitrogen and oxygen atoms in total. The first kappa shape index (κ1) is 38.7. The predicted molar refractivity (Wildman–Crippen MR) is 185 cm³/mol. The molecule has 0 aromatic heterocycles. The lowest BCUT2D eigenvalue weighted by atomic mass is 10.1. The Kier molecular flexibility index (Phi) is 15.5. The van der Waals surface area contributed by atoms with Gasteiger partial charge in [-0.2, -0.15) is 0 Å². The molecule has 1 N–H and O–H groups in total. The van der Waals surface area contributed by atoms with Gasteiger partial charge in [0.15, 0.2) is 0 Å². The second-order valence-electron chi connectivity index (χ2n) is 12.0. The highest BCUT2D eigenvalue weighted by atomic mass is 33.1. The molecule has 0 radical (unpaired) electrons. The number of unbranched alkanes of at least 4 members (excludes halogenated alkanes) is 1. The van der Waals surface area contributed by atoms with E-state index in [0.29, 0.717) is 34.4 Å². The Labute approximate surface area is 290 Å². The molecule has 1 saturated heterocycles. The van der Waals surface area contributed by atoms with Crippen molar-refractivity contribution in [2.24, 2.45) is 0 Å². The molecule has 3 rings (SSSR count). The molecule has 2 aromatic carbocycles. The third-order valence-corrected chi connectivity index (χ3v) is 9.93. The van der Waals surface area contributed by atoms with Gasteiger partial charge in [0, 0.05) is 41.7 Å². The topological polar surface area (TPSA) is 139 Å². The molecule has 0 saturated carbocycles. The first-order chi connectivity index (χ1) is 22.9. The predicted octanol–water partition coefficient (Wildman–Crippen LogP) is 7.45. The van der Waals surface area contributed by atoms with E-state index in [2.05, 4.69) is 5.32 Å². The van der Waals surface area contributed by atoms with E-state index in [0.717, 1.165) is 12.8 Å². The number of benzene rings is 2. The van der Waals surface area contributed by atoms with Crippen molar-refractivity contribution in [3.05, 3.63) is 53.6 Å². The third kappa shape index (κ3) is 13.8. The Hall–Kier alpha value is -3.78. The van der Waals surface area contributed by atoms with Gasteiger partial charge in [-0.25, -0.2) is 14.4 Å². The fourth-order valence-electron chi connectivity index (χ4n) is 4.56. The van der Waals surface area contributed by atoms with Crippen LogP contribution in [0.3, 0.4) is 0 Å². The molecule has 2 unspecified atom stereocenters. The van der Waals surface area contributed by atoms with Crippen molar-refractivity contribution in [1.82, 2.24) is 4.90 Å². The van der Waals surface area contributed by atoms with Crippen molar-refractivity contribution < 1.29 is 47.6 Å². The number of rotatable bonds is 16. The summed E-state index contributed by atoms with van der Waals surface area (Å²) in [5.41, 5.74) is 0.692. The number of carbonyl (C=O) groups is 4. The molecule has 264 valence electrons. The van der Waals surface area contributed by atoms with E-state index in [4.69, 9.17) is 28.4 Å². The van der Waals surface area contributed by atoms with E-state index in [9.17, 15) is 19.2 Å². The van der Waals surface area contributed by atoms with Crippen LogP contribution in [0.4, 0.5) is 15.3 Å². The zero-order chi connectivity index (χ0) is 35.1. The minimum Gasteiger partial charge on any atom is -0.497 e. The second-order valence-corrected chi connectivity index (χ2v) is 14.7. The zero-order valence-electron chi connectivity index (χ0n) is 28.4. The van der Waals surface area contributed by atoms with Gasteiger partial charge in [-0.15, -0.1) is 0 Å². The van der Waals surface area contributed by atoms with Crippen LogP contribution < -0.4 is 14.8 Å². The molecular formula is C34H46N2O10S2. The average Bonchev–Trinajstić information content (AvgIpc) is 3.55. The number of nitrogens with zero attached hydrogens (tertiary/aromatic N) is 1. The molecule has 0 bridgehead atoms. The SMILES string of the molecule is COc1ccc(CN(CCOC(=O)c2ccc(NC(=O)OC(C)(C)C)cc2)C(=O)OC(C)OC(=O)CCCCC2CCSS2)c(OC)c1. The smallest absolute Gasteiger partial charge is 0.413 e. The molecule has 2 amide bonds. The molecule has 0 aliphatic carbocycles. The molecule has 1 fully saturated rings. The lowest BCUT2D eigenvalue weighted by Gasteiger charge is -2.25. The minimum absolute atomic E-state index is 0.0316. The van der Waals surface area contributed by atoms with Gasteiger partial charge in [0.1, 0.15) is 23.7 Å². The maximum Gasteiger partial charge on any atom is 0.413 e. The number of anilines is 1. The lowest BCUT2D eigenvalue weighted by molar-refractivity contribution is -0.166. The third-order valence-electron chi connectivity index (χ3n) is 6.92. The molecule has 1 heterocycles. The largest absolute Gasteiger partial charge is 0.497 e. The first-order valence-electron chi connectivity index (χ1n) is 15.8. The Morgan fingerprint density at radius 2 is 1.75 bits per heavy atom. The van der Waals surface area contributed by atoms with Crippen LogP contribution in [0, 0.1) is 0 Å². The number of methoxy groups -OCH3 is 2. The van der Waals surface area contributed by atoms with E-state index in [-0.39, 0.29) is 31.7 Å². The van der Waals surface area contributed by atoms with Gasteiger partial charge in [0.25, 0.3) is 0 Å². The van der Waals surface area contributed by atoms with Crippen LogP contribution in [-0.2, 0) is 30.3 Å². The van der Waals surface area contributed by atoms with Crippen molar-refractivity contribution in [3.63, 3.8) is 0 Å². The van der Waals surface area contributed by atoms with Crippen LogP contribution in [-0.4, -0.2) is 79.3 Å². The van der Waals surface area contributed by atoms with Gasteiger partial charge in [-0.05, 0) is 76.4 Å². The van der Waals surface area contributed by atoms with Crippen molar-refractivity contribution in [1.29, 1.82) is 0 Å². The standard InChI is InChI=1S/C34H46N2O10S2/c1-23(44-30(37)10-8-7-9-28-17-20-47-48-28)45-33(40)36(22-25-13-16-27(41-5)21-29(25)42-6)18-19-43-31(38)24-11-14-26(15-12-24)35-32(39)46-34(2,3)4/h11-16,21,23,28H,7-10,17-20,22H2,1-6H3,(H,35,39). The van der Waals surface area contributed by atoms with Gasteiger partial charge in [0.05, 0.1) is 32.9 Å². The summed E-state index contributed by atoms with van der Waals surface area (Å²) in [5.74, 6) is 1.18. The Morgan fingerprint density at radius 3 is 2.40 bits per heavy atom. The van der Waals surface area contributed by atoms with Gasteiger partial charge < -0.3 is 33.3 Å². The monoisotopic (exact) mass is 706 g/mol. The van der Waals surface area contributed by atoms with Crippen LogP contribution in [0.5, 0.6) is 11.5 Å². The molecule has 2 atom stereocenters. The number of hydrogen-bond acceptors (Lipinski definition) is 12. The van der Waals surface area contributed by atoms with Gasteiger partial charge in [0.2, 0.25) is 6.29 Å². The normalized spacial score (nSPS) is 14.8. The number of hydrogen-bond donors (Lipinski definition) is 1. The summed E-state index contributed by atoms with van der Waals surface area (Å²) in [5, 5.41) is 3.25. The number of esters is 2. The molecule has 1 aliphatic heterocycles. The number of nitrogens with one attached hydrogen (secondary N) is 1. The van der Waals surface area contributed by atoms with Gasteiger partial charge in [-0.3, -0.25) is 10.1 Å².